The predicted octanol–water partition coefficient (Wildman–Crippen LogP) is 5.36. The van der Waals surface area contributed by atoms with Crippen LogP contribution in [0.15, 0.2) is 70.1 Å². The fourth-order valence-corrected chi connectivity index (χ4v) is 4.80. The number of nitrogens with one attached hydrogen (secondary N) is 2. The van der Waals surface area contributed by atoms with Crippen LogP contribution in [0.1, 0.15) is 40.1 Å². The second kappa shape index (κ2) is 9.25. The number of anilines is 2. The second-order valence-corrected chi connectivity index (χ2v) is 9.70. The third kappa shape index (κ3) is 4.45. The molecular weight excluding hydrogens is 553 g/mol. The maximum Gasteiger partial charge on any atom is 0.410 e. The van der Waals surface area contributed by atoms with Crippen molar-refractivity contribution >= 4 is 33.3 Å². The number of aromatic nitrogens is 4. The van der Waals surface area contributed by atoms with Gasteiger partial charge in [0, 0.05) is 17.9 Å². The Morgan fingerprint density at radius 1 is 1.14 bits per heavy atom. The second-order valence-electron chi connectivity index (χ2n) is 8.78. The molecule has 5 rings (SSSR count). The van der Waals surface area contributed by atoms with E-state index in [1.54, 1.807) is 67.2 Å². The molecule has 4 aromatic rings. The number of benzene rings is 2. The highest BCUT2D eigenvalue weighted by Gasteiger charge is 2.47. The van der Waals surface area contributed by atoms with Gasteiger partial charge in [-0.25, -0.2) is 9.36 Å². The number of rotatable bonds is 4. The Morgan fingerprint density at radius 3 is 2.46 bits per heavy atom. The minimum atomic E-state index is -4.58. The molecule has 0 aliphatic carbocycles. The van der Waals surface area contributed by atoms with Gasteiger partial charge in [-0.05, 0) is 36.8 Å². The molecule has 0 bridgehead atoms. The van der Waals surface area contributed by atoms with E-state index in [1.165, 1.54) is 4.68 Å². The van der Waals surface area contributed by atoms with E-state index < -0.39 is 29.7 Å². The monoisotopic (exact) mass is 574 g/mol. The summed E-state index contributed by atoms with van der Waals surface area (Å²) in [4.78, 5) is 26.5. The van der Waals surface area contributed by atoms with Crippen molar-refractivity contribution in [2.75, 3.05) is 10.6 Å². The third-order valence-corrected chi connectivity index (χ3v) is 7.08. The van der Waals surface area contributed by atoms with E-state index in [2.05, 4.69) is 31.7 Å². The standard InChI is InChI=1S/C25H22BrF3N6O2/c1-14-21(24(37)35(33(14)2)17-6-4-3-5-7-17)32-23(36)18-13-30-34-20(25(27,28)29)12-19(31-22(18)34)15-8-10-16(26)11-9-15/h3-11,13,19-20,31H,12H2,1-2H3,(H,32,36)/t19-,20+/m1/s1. The van der Waals surface area contributed by atoms with Gasteiger partial charge in [-0.15, -0.1) is 0 Å². The van der Waals surface area contributed by atoms with Crippen molar-refractivity contribution in [2.45, 2.75) is 31.6 Å². The molecule has 1 amide bonds. The molecule has 0 radical (unpaired) electrons. The number of carbonyl (C=O) groups excluding carboxylic acids is 1. The summed E-state index contributed by atoms with van der Waals surface area (Å²) in [6, 6.07) is 13.2. The number of alkyl halides is 3. The van der Waals surface area contributed by atoms with Gasteiger partial charge in [0.25, 0.3) is 11.5 Å². The largest absolute Gasteiger partial charge is 0.410 e. The number of fused-ring (bicyclic) bond motifs is 1. The van der Waals surface area contributed by atoms with Crippen molar-refractivity contribution in [3.05, 3.63) is 92.4 Å². The van der Waals surface area contributed by atoms with Gasteiger partial charge in [-0.1, -0.05) is 46.3 Å². The number of amides is 1. The Hall–Kier alpha value is -3.80. The predicted molar refractivity (Wildman–Crippen MR) is 136 cm³/mol. The van der Waals surface area contributed by atoms with E-state index in [9.17, 15) is 22.8 Å². The Morgan fingerprint density at radius 2 is 1.81 bits per heavy atom. The Kier molecular flexibility index (Phi) is 6.22. The lowest BCUT2D eigenvalue weighted by Gasteiger charge is -2.34. The highest BCUT2D eigenvalue weighted by molar-refractivity contribution is 9.10. The zero-order valence-corrected chi connectivity index (χ0v) is 21.3. The molecular formula is C25H22BrF3N6O2. The molecule has 0 saturated heterocycles. The molecule has 2 atom stereocenters. The van der Waals surface area contributed by atoms with Crippen molar-refractivity contribution in [1.29, 1.82) is 0 Å². The fraction of sp³-hybridized carbons (Fsp3) is 0.240. The molecule has 0 saturated carbocycles. The van der Waals surface area contributed by atoms with Gasteiger partial charge in [-0.3, -0.25) is 14.3 Å². The van der Waals surface area contributed by atoms with Gasteiger partial charge in [0.2, 0.25) is 0 Å². The van der Waals surface area contributed by atoms with Gasteiger partial charge in [0.15, 0.2) is 6.04 Å². The molecule has 2 aromatic heterocycles. The molecule has 37 heavy (non-hydrogen) atoms. The molecule has 3 heterocycles. The van der Waals surface area contributed by atoms with Gasteiger partial charge < -0.3 is 10.6 Å². The lowest BCUT2D eigenvalue weighted by Crippen LogP contribution is -2.36. The molecule has 12 heteroatoms. The van der Waals surface area contributed by atoms with Gasteiger partial charge in [0.05, 0.1) is 23.6 Å². The van der Waals surface area contributed by atoms with Crippen molar-refractivity contribution in [3.8, 4) is 5.69 Å². The normalized spacial score (nSPS) is 17.2. The topological polar surface area (TPSA) is 85.9 Å². The lowest BCUT2D eigenvalue weighted by atomic mass is 9.96. The molecule has 0 fully saturated rings. The molecule has 1 aliphatic rings. The molecule has 2 N–H and O–H groups in total. The van der Waals surface area contributed by atoms with Crippen molar-refractivity contribution in [2.24, 2.45) is 7.05 Å². The van der Waals surface area contributed by atoms with E-state index in [0.717, 1.165) is 15.4 Å². The van der Waals surface area contributed by atoms with Crippen LogP contribution in [0.3, 0.4) is 0 Å². The van der Waals surface area contributed by atoms with E-state index in [0.29, 0.717) is 16.9 Å². The zero-order chi connectivity index (χ0) is 26.5. The van der Waals surface area contributed by atoms with E-state index in [-0.39, 0.29) is 23.5 Å². The zero-order valence-electron chi connectivity index (χ0n) is 19.8. The summed E-state index contributed by atoms with van der Waals surface area (Å²) < 4.78 is 46.6. The number of halogens is 4. The van der Waals surface area contributed by atoms with Crippen LogP contribution in [0.4, 0.5) is 24.7 Å². The van der Waals surface area contributed by atoms with Crippen LogP contribution < -0.4 is 16.2 Å². The molecule has 0 spiro atoms. The minimum Gasteiger partial charge on any atom is -0.363 e. The Labute approximate surface area is 217 Å². The number of nitrogens with zero attached hydrogens (tertiary/aromatic N) is 4. The van der Waals surface area contributed by atoms with Crippen LogP contribution in [0.5, 0.6) is 0 Å². The summed E-state index contributed by atoms with van der Waals surface area (Å²) in [5.74, 6) is -0.798. The smallest absolute Gasteiger partial charge is 0.363 e. The summed E-state index contributed by atoms with van der Waals surface area (Å²) in [5.41, 5.74) is 1.20. The molecule has 192 valence electrons. The Balaban J connectivity index is 1.51. The van der Waals surface area contributed by atoms with Crippen molar-refractivity contribution in [3.63, 3.8) is 0 Å². The summed E-state index contributed by atoms with van der Waals surface area (Å²) in [5, 5.41) is 9.56. The van der Waals surface area contributed by atoms with Gasteiger partial charge in [-0.2, -0.15) is 18.3 Å². The first-order chi connectivity index (χ1) is 17.6. The Bertz CT molecular complexity index is 1520. The molecule has 2 aromatic carbocycles. The van der Waals surface area contributed by atoms with Crippen LogP contribution in [-0.4, -0.2) is 31.2 Å². The van der Waals surface area contributed by atoms with Crippen LogP contribution in [0.2, 0.25) is 0 Å². The van der Waals surface area contributed by atoms with E-state index in [1.807, 2.05) is 6.07 Å². The maximum atomic E-state index is 14.0. The summed E-state index contributed by atoms with van der Waals surface area (Å²) in [6.45, 7) is 1.67. The van der Waals surface area contributed by atoms with Crippen molar-refractivity contribution < 1.29 is 18.0 Å². The summed E-state index contributed by atoms with van der Waals surface area (Å²) in [7, 11) is 1.68. The number of hydrogen-bond acceptors (Lipinski definition) is 4. The highest BCUT2D eigenvalue weighted by Crippen LogP contribution is 2.44. The highest BCUT2D eigenvalue weighted by atomic mass is 79.9. The SMILES string of the molecule is Cc1c(NC(=O)c2cnn3c2N[C@@H](c2ccc(Br)cc2)C[C@H]3C(F)(F)F)c(=O)n(-c2ccccc2)n1C. The molecule has 0 unspecified atom stereocenters. The summed E-state index contributed by atoms with van der Waals surface area (Å²) in [6.07, 6.45) is -3.78. The van der Waals surface area contributed by atoms with Crippen LogP contribution in [0.25, 0.3) is 5.69 Å². The average Bonchev–Trinajstić information content (AvgIpc) is 3.38. The maximum absolute atomic E-state index is 14.0. The lowest BCUT2D eigenvalue weighted by molar-refractivity contribution is -0.173. The van der Waals surface area contributed by atoms with Gasteiger partial charge in [0.1, 0.15) is 17.1 Å². The average molecular weight is 575 g/mol. The van der Waals surface area contributed by atoms with Crippen LogP contribution >= 0.6 is 15.9 Å². The third-order valence-electron chi connectivity index (χ3n) is 6.55. The van der Waals surface area contributed by atoms with Crippen LogP contribution in [-0.2, 0) is 7.05 Å². The minimum absolute atomic E-state index is 0.0314. The van der Waals surface area contributed by atoms with Crippen molar-refractivity contribution in [1.82, 2.24) is 19.1 Å². The van der Waals surface area contributed by atoms with E-state index in [4.69, 9.17) is 0 Å². The molecule has 1 aliphatic heterocycles. The first-order valence-corrected chi connectivity index (χ1v) is 12.2. The fourth-order valence-electron chi connectivity index (χ4n) is 4.54. The van der Waals surface area contributed by atoms with E-state index >= 15 is 0 Å². The number of hydrogen-bond donors (Lipinski definition) is 2. The number of carbonyl (C=O) groups is 1. The van der Waals surface area contributed by atoms with Gasteiger partial charge >= 0.3 is 6.18 Å². The first-order valence-electron chi connectivity index (χ1n) is 11.4. The summed E-state index contributed by atoms with van der Waals surface area (Å²) >= 11 is 3.33. The number of para-hydroxylation sites is 1. The van der Waals surface area contributed by atoms with Crippen LogP contribution in [0, 0.1) is 6.92 Å². The quantitative estimate of drug-likeness (QED) is 0.344. The first kappa shape index (κ1) is 24.9. The molecule has 8 nitrogen and oxygen atoms in total.